The van der Waals surface area contributed by atoms with E-state index in [1.165, 1.54) is 0 Å². The van der Waals surface area contributed by atoms with Gasteiger partial charge in [-0.15, -0.1) is 12.4 Å². The van der Waals surface area contributed by atoms with Crippen LogP contribution in [0.5, 0.6) is 11.5 Å². The molecule has 1 aliphatic heterocycles. The van der Waals surface area contributed by atoms with E-state index < -0.39 is 0 Å². The lowest BCUT2D eigenvalue weighted by Gasteiger charge is -2.28. The molecule has 3 nitrogen and oxygen atoms in total. The molecule has 2 rings (SSSR count). The molecule has 0 saturated heterocycles. The van der Waals surface area contributed by atoms with Crippen molar-refractivity contribution in [1.82, 2.24) is 0 Å². The van der Waals surface area contributed by atoms with Crippen LogP contribution >= 0.6 is 12.4 Å². The molecule has 4 heteroatoms. The van der Waals surface area contributed by atoms with E-state index in [9.17, 15) is 0 Å². The van der Waals surface area contributed by atoms with Crippen molar-refractivity contribution in [2.24, 2.45) is 11.1 Å². The van der Waals surface area contributed by atoms with Gasteiger partial charge in [0.25, 0.3) is 0 Å². The van der Waals surface area contributed by atoms with Gasteiger partial charge in [-0.3, -0.25) is 0 Å². The molecule has 17 heavy (non-hydrogen) atoms. The summed E-state index contributed by atoms with van der Waals surface area (Å²) in [4.78, 5) is 0. The summed E-state index contributed by atoms with van der Waals surface area (Å²) in [5.41, 5.74) is 7.35. The van der Waals surface area contributed by atoms with Crippen LogP contribution in [-0.2, 0) is 0 Å². The lowest BCUT2D eigenvalue weighted by atomic mass is 9.83. The zero-order valence-electron chi connectivity index (χ0n) is 10.5. The minimum absolute atomic E-state index is 0. The molecule has 0 aromatic heterocycles. The van der Waals surface area contributed by atoms with E-state index in [4.69, 9.17) is 15.2 Å². The molecule has 1 aromatic carbocycles. The quantitative estimate of drug-likeness (QED) is 0.841. The molecular formula is C13H20ClNO2. The third-order valence-electron chi connectivity index (χ3n) is 2.86. The summed E-state index contributed by atoms with van der Waals surface area (Å²) in [5, 5.41) is 0. The van der Waals surface area contributed by atoms with Crippen molar-refractivity contribution in [2.75, 3.05) is 13.2 Å². The summed E-state index contributed by atoms with van der Waals surface area (Å²) >= 11 is 0. The monoisotopic (exact) mass is 257 g/mol. The molecule has 0 aliphatic carbocycles. The Bertz CT molecular complexity index is 387. The van der Waals surface area contributed by atoms with Gasteiger partial charge in [-0.05, 0) is 23.1 Å². The number of rotatable bonds is 1. The molecule has 0 saturated carbocycles. The van der Waals surface area contributed by atoms with Gasteiger partial charge in [0, 0.05) is 6.04 Å². The lowest BCUT2D eigenvalue weighted by molar-refractivity contribution is 0.171. The van der Waals surface area contributed by atoms with E-state index >= 15 is 0 Å². The highest BCUT2D eigenvalue weighted by atomic mass is 35.5. The molecule has 1 aromatic rings. The van der Waals surface area contributed by atoms with Crippen LogP contribution in [0.2, 0.25) is 0 Å². The highest BCUT2D eigenvalue weighted by molar-refractivity contribution is 5.85. The molecule has 1 atom stereocenters. The number of benzene rings is 1. The van der Waals surface area contributed by atoms with Crippen molar-refractivity contribution in [3.8, 4) is 11.5 Å². The Balaban J connectivity index is 0.00000144. The molecule has 0 bridgehead atoms. The number of hydrogen-bond donors (Lipinski definition) is 1. The molecule has 0 amide bonds. The summed E-state index contributed by atoms with van der Waals surface area (Å²) in [6, 6.07) is 5.95. The maximum absolute atomic E-state index is 6.21. The smallest absolute Gasteiger partial charge is 0.161 e. The van der Waals surface area contributed by atoms with Gasteiger partial charge in [-0.25, -0.2) is 0 Å². The summed E-state index contributed by atoms with van der Waals surface area (Å²) in [7, 11) is 0. The fraction of sp³-hybridized carbons (Fsp3) is 0.538. The standard InChI is InChI=1S/C13H19NO2.ClH/c1-13(2,3)12(14)9-4-5-10-11(8-9)16-7-6-15-10;/h4-5,8,12H,6-7,14H2,1-3H3;1H/t12-;/m1./s1. The van der Waals surface area contributed by atoms with Crippen LogP contribution in [0.25, 0.3) is 0 Å². The van der Waals surface area contributed by atoms with Gasteiger partial charge < -0.3 is 15.2 Å². The Kier molecular flexibility index (Phi) is 4.28. The number of nitrogens with two attached hydrogens (primary N) is 1. The van der Waals surface area contributed by atoms with Gasteiger partial charge >= 0.3 is 0 Å². The first-order valence-corrected chi connectivity index (χ1v) is 5.63. The molecule has 96 valence electrons. The van der Waals surface area contributed by atoms with Crippen molar-refractivity contribution in [1.29, 1.82) is 0 Å². The maximum atomic E-state index is 6.21. The average molecular weight is 258 g/mol. The van der Waals surface area contributed by atoms with Crippen molar-refractivity contribution in [2.45, 2.75) is 26.8 Å². The fourth-order valence-electron chi connectivity index (χ4n) is 1.75. The summed E-state index contributed by atoms with van der Waals surface area (Å²) in [5.74, 6) is 1.62. The predicted molar refractivity (Wildman–Crippen MR) is 71.1 cm³/mol. The van der Waals surface area contributed by atoms with E-state index in [0.717, 1.165) is 17.1 Å². The first-order chi connectivity index (χ1) is 7.48. The molecule has 0 spiro atoms. The Hall–Kier alpha value is -0.930. The van der Waals surface area contributed by atoms with Gasteiger partial charge in [0.05, 0.1) is 0 Å². The molecular weight excluding hydrogens is 238 g/mol. The topological polar surface area (TPSA) is 44.5 Å². The van der Waals surface area contributed by atoms with Crippen LogP contribution in [0.1, 0.15) is 32.4 Å². The van der Waals surface area contributed by atoms with Crippen molar-refractivity contribution in [3.05, 3.63) is 23.8 Å². The van der Waals surface area contributed by atoms with Crippen molar-refractivity contribution >= 4 is 12.4 Å². The van der Waals surface area contributed by atoms with E-state index in [-0.39, 0.29) is 23.9 Å². The second kappa shape index (κ2) is 5.15. The first kappa shape index (κ1) is 14.1. The third kappa shape index (κ3) is 3.05. The zero-order valence-corrected chi connectivity index (χ0v) is 11.3. The Labute approximate surface area is 109 Å². The summed E-state index contributed by atoms with van der Waals surface area (Å²) in [6.45, 7) is 7.64. The van der Waals surface area contributed by atoms with Gasteiger partial charge in [-0.2, -0.15) is 0 Å². The molecule has 1 aliphatic rings. The number of ether oxygens (including phenoxy) is 2. The minimum atomic E-state index is 0. The maximum Gasteiger partial charge on any atom is 0.161 e. The van der Waals surface area contributed by atoms with Gasteiger partial charge in [0.15, 0.2) is 11.5 Å². The van der Waals surface area contributed by atoms with Crippen molar-refractivity contribution in [3.63, 3.8) is 0 Å². The largest absolute Gasteiger partial charge is 0.486 e. The zero-order chi connectivity index (χ0) is 11.8. The highest BCUT2D eigenvalue weighted by Crippen LogP contribution is 2.36. The van der Waals surface area contributed by atoms with Crippen LogP contribution in [0, 0.1) is 5.41 Å². The second-order valence-electron chi connectivity index (χ2n) is 5.25. The van der Waals surface area contributed by atoms with Crippen LogP contribution in [0.15, 0.2) is 18.2 Å². The van der Waals surface area contributed by atoms with Gasteiger partial charge in [-0.1, -0.05) is 26.8 Å². The predicted octanol–water partition coefficient (Wildman–Crippen LogP) is 2.93. The number of fused-ring (bicyclic) bond motifs is 1. The molecule has 1 heterocycles. The van der Waals surface area contributed by atoms with Gasteiger partial charge in [0.1, 0.15) is 13.2 Å². The normalized spacial score (nSPS) is 16.0. The van der Waals surface area contributed by atoms with Crippen LogP contribution in [-0.4, -0.2) is 13.2 Å². The van der Waals surface area contributed by atoms with E-state index in [2.05, 4.69) is 20.8 Å². The number of hydrogen-bond acceptors (Lipinski definition) is 3. The van der Waals surface area contributed by atoms with E-state index in [0.29, 0.717) is 13.2 Å². The molecule has 0 fully saturated rings. The average Bonchev–Trinajstić information content (AvgIpc) is 2.26. The van der Waals surface area contributed by atoms with E-state index in [1.807, 2.05) is 18.2 Å². The molecule has 2 N–H and O–H groups in total. The Morgan fingerprint density at radius 3 is 2.29 bits per heavy atom. The van der Waals surface area contributed by atoms with Crippen LogP contribution in [0.4, 0.5) is 0 Å². The number of halogens is 1. The molecule has 0 unspecified atom stereocenters. The highest BCUT2D eigenvalue weighted by Gasteiger charge is 2.24. The summed E-state index contributed by atoms with van der Waals surface area (Å²) < 4.78 is 11.0. The van der Waals surface area contributed by atoms with Crippen LogP contribution in [0.3, 0.4) is 0 Å². The third-order valence-corrected chi connectivity index (χ3v) is 2.86. The summed E-state index contributed by atoms with van der Waals surface area (Å²) in [6.07, 6.45) is 0. The van der Waals surface area contributed by atoms with Crippen molar-refractivity contribution < 1.29 is 9.47 Å². The Morgan fingerprint density at radius 2 is 1.71 bits per heavy atom. The van der Waals surface area contributed by atoms with E-state index in [1.54, 1.807) is 0 Å². The fourth-order valence-corrected chi connectivity index (χ4v) is 1.75. The van der Waals surface area contributed by atoms with Gasteiger partial charge in [0.2, 0.25) is 0 Å². The van der Waals surface area contributed by atoms with Crippen LogP contribution < -0.4 is 15.2 Å². The lowest BCUT2D eigenvalue weighted by Crippen LogP contribution is -2.26. The molecule has 0 radical (unpaired) electrons. The SMILES string of the molecule is CC(C)(C)[C@H](N)c1ccc2c(c1)OCCO2.Cl. The second-order valence-corrected chi connectivity index (χ2v) is 5.25. The minimum Gasteiger partial charge on any atom is -0.486 e. The Morgan fingerprint density at radius 1 is 1.12 bits per heavy atom. The first-order valence-electron chi connectivity index (χ1n) is 5.63.